The van der Waals surface area contributed by atoms with E-state index in [0.717, 1.165) is 10.5 Å². The van der Waals surface area contributed by atoms with Gasteiger partial charge in [0.15, 0.2) is 0 Å². The fourth-order valence-electron chi connectivity index (χ4n) is 3.19. The summed E-state index contributed by atoms with van der Waals surface area (Å²) in [6.45, 7) is 2.28. The molecule has 8 heteroatoms. The van der Waals surface area contributed by atoms with Gasteiger partial charge in [0, 0.05) is 19.3 Å². The number of pyridine rings is 1. The van der Waals surface area contributed by atoms with E-state index in [4.69, 9.17) is 0 Å². The van der Waals surface area contributed by atoms with Crippen molar-refractivity contribution in [2.24, 2.45) is 5.41 Å². The van der Waals surface area contributed by atoms with Crippen LogP contribution in [0.4, 0.5) is 10.6 Å². The highest BCUT2D eigenvalue weighted by Gasteiger charge is 2.42. The van der Waals surface area contributed by atoms with Crippen LogP contribution in [0.2, 0.25) is 0 Å². The lowest BCUT2D eigenvalue weighted by Gasteiger charge is -2.20. The van der Waals surface area contributed by atoms with Crippen LogP contribution in [-0.2, 0) is 4.79 Å². The number of imidazole rings is 1. The highest BCUT2D eigenvalue weighted by Crippen LogP contribution is 2.34. The lowest BCUT2D eigenvalue weighted by atomic mass is 9.90. The number of hydrogen-bond acceptors (Lipinski definition) is 4. The lowest BCUT2D eigenvalue weighted by molar-refractivity contribution is -0.146. The number of carbonyl (C=O) groups excluding carboxylic acids is 1. The SMILES string of the molecule is CC1(C(=O)O)CCN(C(=O)Nc2c(-c3cccs3)nc3ccccn23)C1. The highest BCUT2D eigenvalue weighted by atomic mass is 32.1. The van der Waals surface area contributed by atoms with Crippen LogP contribution in [0.1, 0.15) is 13.3 Å². The number of amides is 2. The molecule has 0 saturated carbocycles. The molecule has 0 aliphatic carbocycles. The summed E-state index contributed by atoms with van der Waals surface area (Å²) >= 11 is 1.55. The van der Waals surface area contributed by atoms with Crippen LogP contribution in [0.25, 0.3) is 16.2 Å². The predicted molar refractivity (Wildman–Crippen MR) is 99.5 cm³/mol. The molecule has 0 radical (unpaired) electrons. The van der Waals surface area contributed by atoms with Gasteiger partial charge in [0.2, 0.25) is 0 Å². The van der Waals surface area contributed by atoms with Gasteiger partial charge >= 0.3 is 12.0 Å². The number of aliphatic carboxylic acids is 1. The van der Waals surface area contributed by atoms with Crippen molar-refractivity contribution < 1.29 is 14.7 Å². The zero-order valence-electron chi connectivity index (χ0n) is 14.2. The van der Waals surface area contributed by atoms with E-state index >= 15 is 0 Å². The van der Waals surface area contributed by atoms with E-state index in [0.29, 0.717) is 24.5 Å². The minimum atomic E-state index is -0.895. The van der Waals surface area contributed by atoms with Gasteiger partial charge < -0.3 is 10.0 Å². The molecule has 4 heterocycles. The van der Waals surface area contributed by atoms with E-state index in [1.807, 2.05) is 46.3 Å². The van der Waals surface area contributed by atoms with E-state index in [-0.39, 0.29) is 12.6 Å². The second-order valence-corrected chi connectivity index (χ2v) is 7.63. The smallest absolute Gasteiger partial charge is 0.323 e. The molecular weight excluding hydrogens is 352 g/mol. The summed E-state index contributed by atoms with van der Waals surface area (Å²) in [4.78, 5) is 31.3. The zero-order chi connectivity index (χ0) is 18.3. The number of nitrogens with zero attached hydrogens (tertiary/aromatic N) is 3. The summed E-state index contributed by atoms with van der Waals surface area (Å²) in [6, 6.07) is 9.24. The second kappa shape index (κ2) is 6.14. The van der Waals surface area contributed by atoms with Gasteiger partial charge in [0.1, 0.15) is 17.2 Å². The maximum atomic E-state index is 12.8. The molecule has 0 aromatic carbocycles. The second-order valence-electron chi connectivity index (χ2n) is 6.68. The molecule has 1 fully saturated rings. The maximum Gasteiger partial charge on any atom is 0.323 e. The molecule has 0 spiro atoms. The third kappa shape index (κ3) is 2.72. The Morgan fingerprint density at radius 1 is 1.31 bits per heavy atom. The van der Waals surface area contributed by atoms with Gasteiger partial charge in [-0.2, -0.15) is 0 Å². The summed E-state index contributed by atoms with van der Waals surface area (Å²) in [5.41, 5.74) is 0.552. The minimum Gasteiger partial charge on any atom is -0.481 e. The summed E-state index contributed by atoms with van der Waals surface area (Å²) in [6.07, 6.45) is 2.29. The topological polar surface area (TPSA) is 86.9 Å². The minimum absolute atomic E-state index is 0.194. The molecule has 2 amide bonds. The first-order valence-electron chi connectivity index (χ1n) is 8.28. The molecule has 4 rings (SSSR count). The van der Waals surface area contributed by atoms with Crippen molar-refractivity contribution in [3.63, 3.8) is 0 Å². The number of fused-ring (bicyclic) bond motifs is 1. The van der Waals surface area contributed by atoms with E-state index < -0.39 is 11.4 Å². The Balaban J connectivity index is 1.66. The van der Waals surface area contributed by atoms with Crippen LogP contribution in [0.15, 0.2) is 41.9 Å². The van der Waals surface area contributed by atoms with Crippen LogP contribution < -0.4 is 5.32 Å². The van der Waals surface area contributed by atoms with Crippen molar-refractivity contribution in [2.45, 2.75) is 13.3 Å². The first kappa shape index (κ1) is 16.6. The van der Waals surface area contributed by atoms with E-state index in [9.17, 15) is 14.7 Å². The summed E-state index contributed by atoms with van der Waals surface area (Å²) in [5.74, 6) is -0.279. The molecule has 2 N–H and O–H groups in total. The summed E-state index contributed by atoms with van der Waals surface area (Å²) in [5, 5.41) is 14.3. The maximum absolute atomic E-state index is 12.8. The number of carboxylic acid groups (broad SMARTS) is 1. The first-order valence-corrected chi connectivity index (χ1v) is 9.16. The molecule has 3 aromatic heterocycles. The average molecular weight is 370 g/mol. The fourth-order valence-corrected chi connectivity index (χ4v) is 3.90. The Kier molecular flexibility index (Phi) is 3.91. The number of carbonyl (C=O) groups is 2. The van der Waals surface area contributed by atoms with Crippen molar-refractivity contribution in [2.75, 3.05) is 18.4 Å². The number of thiophene rings is 1. The van der Waals surface area contributed by atoms with Crippen LogP contribution in [-0.4, -0.2) is 44.5 Å². The third-order valence-electron chi connectivity index (χ3n) is 4.79. The van der Waals surface area contributed by atoms with Crippen molar-refractivity contribution in [1.29, 1.82) is 0 Å². The first-order chi connectivity index (χ1) is 12.5. The van der Waals surface area contributed by atoms with Gasteiger partial charge in [-0.3, -0.25) is 14.5 Å². The number of nitrogens with one attached hydrogen (secondary N) is 1. The number of aromatic nitrogens is 2. The molecule has 134 valence electrons. The number of hydrogen-bond donors (Lipinski definition) is 2. The number of likely N-dealkylation sites (tertiary alicyclic amines) is 1. The molecule has 1 aliphatic heterocycles. The molecule has 1 atom stereocenters. The zero-order valence-corrected chi connectivity index (χ0v) is 15.0. The number of anilines is 1. The van der Waals surface area contributed by atoms with Gasteiger partial charge in [0.25, 0.3) is 0 Å². The Labute approximate surface area is 153 Å². The number of urea groups is 1. The van der Waals surface area contributed by atoms with Crippen molar-refractivity contribution in [1.82, 2.24) is 14.3 Å². The van der Waals surface area contributed by atoms with Crippen molar-refractivity contribution in [3.05, 3.63) is 41.9 Å². The molecular formula is C18H18N4O3S. The van der Waals surface area contributed by atoms with E-state index in [1.165, 1.54) is 0 Å². The predicted octanol–water partition coefficient (Wildman–Crippen LogP) is 3.39. The highest BCUT2D eigenvalue weighted by molar-refractivity contribution is 7.13. The third-order valence-corrected chi connectivity index (χ3v) is 5.66. The average Bonchev–Trinajstić information content (AvgIpc) is 3.34. The van der Waals surface area contributed by atoms with Crippen LogP contribution >= 0.6 is 11.3 Å². The quantitative estimate of drug-likeness (QED) is 0.740. The Morgan fingerprint density at radius 3 is 2.85 bits per heavy atom. The molecule has 1 unspecified atom stereocenters. The molecule has 7 nitrogen and oxygen atoms in total. The van der Waals surface area contributed by atoms with Crippen LogP contribution in [0.3, 0.4) is 0 Å². The van der Waals surface area contributed by atoms with Gasteiger partial charge in [-0.1, -0.05) is 12.1 Å². The van der Waals surface area contributed by atoms with Gasteiger partial charge in [-0.15, -0.1) is 11.3 Å². The van der Waals surface area contributed by atoms with Crippen LogP contribution in [0.5, 0.6) is 0 Å². The molecule has 3 aromatic rings. The Bertz CT molecular complexity index is 982. The molecule has 26 heavy (non-hydrogen) atoms. The molecule has 1 saturated heterocycles. The molecule has 1 aliphatic rings. The van der Waals surface area contributed by atoms with E-state index in [1.54, 1.807) is 23.2 Å². The van der Waals surface area contributed by atoms with Crippen molar-refractivity contribution >= 4 is 34.8 Å². The van der Waals surface area contributed by atoms with Gasteiger partial charge in [-0.25, -0.2) is 9.78 Å². The summed E-state index contributed by atoms with van der Waals surface area (Å²) in [7, 11) is 0. The Hall–Kier alpha value is -2.87. The van der Waals surface area contributed by atoms with Gasteiger partial charge in [-0.05, 0) is 36.9 Å². The largest absolute Gasteiger partial charge is 0.481 e. The number of rotatable bonds is 3. The van der Waals surface area contributed by atoms with E-state index in [2.05, 4.69) is 10.3 Å². The molecule has 0 bridgehead atoms. The number of carboxylic acids is 1. The summed E-state index contributed by atoms with van der Waals surface area (Å²) < 4.78 is 1.83. The monoisotopic (exact) mass is 370 g/mol. The van der Waals surface area contributed by atoms with Crippen LogP contribution in [0, 0.1) is 5.41 Å². The Morgan fingerprint density at radius 2 is 2.15 bits per heavy atom. The van der Waals surface area contributed by atoms with Gasteiger partial charge in [0.05, 0.1) is 10.3 Å². The lowest BCUT2D eigenvalue weighted by Crippen LogP contribution is -2.37. The standard InChI is InChI=1S/C18H18N4O3S/c1-18(16(23)24)7-9-21(11-18)17(25)20-15-14(12-5-4-10-26-12)19-13-6-2-3-8-22(13)15/h2-6,8,10H,7,9,11H2,1H3,(H,20,25)(H,23,24). The normalized spacial score (nSPS) is 19.8. The fraction of sp³-hybridized carbons (Fsp3) is 0.278. The van der Waals surface area contributed by atoms with Crippen molar-refractivity contribution in [3.8, 4) is 10.6 Å².